The molecule has 3 aromatic rings. The highest BCUT2D eigenvalue weighted by molar-refractivity contribution is 7.93. The lowest BCUT2D eigenvalue weighted by molar-refractivity contribution is -0.274. The summed E-state index contributed by atoms with van der Waals surface area (Å²) in [4.78, 5) is 12.6. The van der Waals surface area contributed by atoms with Crippen molar-refractivity contribution in [2.75, 3.05) is 17.4 Å². The second kappa shape index (κ2) is 7.77. The normalized spacial score (nSPS) is 14.6. The number of hydrogen-bond acceptors (Lipinski definition) is 4. The Labute approximate surface area is 176 Å². The summed E-state index contributed by atoms with van der Waals surface area (Å²) in [6.07, 6.45) is -4.39. The maximum absolute atomic E-state index is 12.9. The summed E-state index contributed by atoms with van der Waals surface area (Å²) in [6.45, 7) is -0.169. The van der Waals surface area contributed by atoms with E-state index in [0.29, 0.717) is 23.1 Å². The fourth-order valence-electron chi connectivity index (χ4n) is 3.52. The Hall–Kier alpha value is -3.27. The van der Waals surface area contributed by atoms with E-state index in [9.17, 15) is 26.4 Å². The quantitative estimate of drug-likeness (QED) is 0.623. The molecule has 162 valence electrons. The second-order valence-corrected chi connectivity index (χ2v) is 8.77. The molecule has 1 N–H and O–H groups in total. The minimum absolute atomic E-state index is 0.176. The van der Waals surface area contributed by atoms with E-state index in [1.165, 1.54) is 30.3 Å². The fraction of sp³-hybridized carbons (Fsp3) is 0.190. The van der Waals surface area contributed by atoms with Crippen LogP contribution >= 0.6 is 0 Å². The number of hydrogen-bond donors (Lipinski definition) is 1. The van der Waals surface area contributed by atoms with Crippen LogP contribution in [0, 0.1) is 0 Å². The third-order valence-electron chi connectivity index (χ3n) is 4.86. The van der Waals surface area contributed by atoms with Crippen molar-refractivity contribution in [1.82, 2.24) is 5.32 Å². The zero-order chi connectivity index (χ0) is 22.2. The van der Waals surface area contributed by atoms with Crippen LogP contribution in [0.1, 0.15) is 5.56 Å². The standard InChI is InChI=1S/C21H17F3N2O4S/c22-21(23,24)30-16-9-7-14(8-10-16)11-12-25-19(27)13-26-17-5-1-3-15-4-2-6-18(20(15)17)31(26,28)29/h1-10H,11-13H2,(H,25,27). The first-order valence-electron chi connectivity index (χ1n) is 9.31. The van der Waals surface area contributed by atoms with Gasteiger partial charge in [-0.25, -0.2) is 8.42 Å². The topological polar surface area (TPSA) is 75.7 Å². The molecule has 31 heavy (non-hydrogen) atoms. The first-order valence-corrected chi connectivity index (χ1v) is 10.7. The number of benzene rings is 3. The number of rotatable bonds is 6. The average Bonchev–Trinajstić information content (AvgIpc) is 2.92. The van der Waals surface area contributed by atoms with Crippen LogP contribution in [0.4, 0.5) is 18.9 Å². The number of nitrogens with zero attached hydrogens (tertiary/aromatic N) is 1. The molecule has 0 aliphatic carbocycles. The molecular weight excluding hydrogens is 433 g/mol. The van der Waals surface area contributed by atoms with Crippen LogP contribution in [-0.4, -0.2) is 33.8 Å². The lowest BCUT2D eigenvalue weighted by atomic mass is 10.1. The summed E-state index contributed by atoms with van der Waals surface area (Å²) in [7, 11) is -3.82. The van der Waals surface area contributed by atoms with E-state index in [1.54, 1.807) is 18.2 Å². The third kappa shape index (κ3) is 4.29. The Bertz CT molecular complexity index is 1240. The zero-order valence-corrected chi connectivity index (χ0v) is 16.8. The van der Waals surface area contributed by atoms with Gasteiger partial charge in [-0.05, 0) is 41.6 Å². The highest BCUT2D eigenvalue weighted by Crippen LogP contribution is 2.41. The van der Waals surface area contributed by atoms with Gasteiger partial charge in [0.2, 0.25) is 5.91 Å². The number of nitrogens with one attached hydrogen (secondary N) is 1. The lowest BCUT2D eigenvalue weighted by Gasteiger charge is -2.18. The maximum atomic E-state index is 12.9. The first-order chi connectivity index (χ1) is 14.6. The van der Waals surface area contributed by atoms with Gasteiger partial charge in [-0.2, -0.15) is 0 Å². The van der Waals surface area contributed by atoms with E-state index < -0.39 is 22.3 Å². The number of halogens is 3. The van der Waals surface area contributed by atoms with E-state index in [4.69, 9.17) is 0 Å². The highest BCUT2D eigenvalue weighted by atomic mass is 32.2. The summed E-state index contributed by atoms with van der Waals surface area (Å²) in [5.74, 6) is -0.807. The molecule has 0 saturated carbocycles. The number of carbonyl (C=O) groups excluding carboxylic acids is 1. The van der Waals surface area contributed by atoms with Gasteiger partial charge in [-0.3, -0.25) is 9.10 Å². The summed E-state index contributed by atoms with van der Waals surface area (Å²) in [6, 6.07) is 15.5. The summed E-state index contributed by atoms with van der Waals surface area (Å²) in [5.41, 5.74) is 1.16. The number of amides is 1. The van der Waals surface area contributed by atoms with Crippen molar-refractivity contribution < 1.29 is 31.1 Å². The van der Waals surface area contributed by atoms with Crippen LogP contribution in [0.5, 0.6) is 5.75 Å². The van der Waals surface area contributed by atoms with E-state index in [1.807, 2.05) is 12.1 Å². The lowest BCUT2D eigenvalue weighted by Crippen LogP contribution is -2.39. The smallest absolute Gasteiger partial charge is 0.406 e. The Morgan fingerprint density at radius 2 is 1.68 bits per heavy atom. The minimum atomic E-state index is -4.75. The van der Waals surface area contributed by atoms with Gasteiger partial charge in [0.15, 0.2) is 0 Å². The van der Waals surface area contributed by atoms with E-state index in [-0.39, 0.29) is 23.7 Å². The van der Waals surface area contributed by atoms with Crippen LogP contribution in [0.3, 0.4) is 0 Å². The van der Waals surface area contributed by atoms with E-state index >= 15 is 0 Å². The van der Waals surface area contributed by atoms with Crippen LogP contribution in [0.2, 0.25) is 0 Å². The largest absolute Gasteiger partial charge is 0.573 e. The van der Waals surface area contributed by atoms with Crippen molar-refractivity contribution >= 4 is 32.4 Å². The molecule has 1 aliphatic heterocycles. The summed E-state index contributed by atoms with van der Waals surface area (Å²) >= 11 is 0. The van der Waals surface area contributed by atoms with Gasteiger partial charge in [0.05, 0.1) is 10.6 Å². The molecule has 6 nitrogen and oxygen atoms in total. The minimum Gasteiger partial charge on any atom is -0.406 e. The average molecular weight is 450 g/mol. The maximum Gasteiger partial charge on any atom is 0.573 e. The van der Waals surface area contributed by atoms with Crippen LogP contribution in [0.15, 0.2) is 65.6 Å². The van der Waals surface area contributed by atoms with Gasteiger partial charge < -0.3 is 10.1 Å². The molecule has 0 spiro atoms. The number of anilines is 1. The predicted octanol–water partition coefficient (Wildman–Crippen LogP) is 3.61. The Morgan fingerprint density at radius 1 is 1.00 bits per heavy atom. The van der Waals surface area contributed by atoms with E-state index in [0.717, 1.165) is 9.69 Å². The monoisotopic (exact) mass is 450 g/mol. The molecule has 1 amide bonds. The molecular formula is C21H17F3N2O4S. The van der Waals surface area contributed by atoms with Gasteiger partial charge in [-0.1, -0.05) is 36.4 Å². The molecule has 0 unspecified atom stereocenters. The highest BCUT2D eigenvalue weighted by Gasteiger charge is 2.36. The van der Waals surface area contributed by atoms with Gasteiger partial charge >= 0.3 is 6.36 Å². The predicted molar refractivity (Wildman–Crippen MR) is 108 cm³/mol. The molecule has 0 atom stereocenters. The van der Waals surface area contributed by atoms with Gasteiger partial charge in [0.1, 0.15) is 12.3 Å². The zero-order valence-electron chi connectivity index (χ0n) is 16.0. The molecule has 1 aliphatic rings. The van der Waals surface area contributed by atoms with Gasteiger partial charge in [0.25, 0.3) is 10.0 Å². The molecule has 4 rings (SSSR count). The van der Waals surface area contributed by atoms with Crippen molar-refractivity contribution in [3.63, 3.8) is 0 Å². The van der Waals surface area contributed by atoms with Gasteiger partial charge in [0, 0.05) is 11.9 Å². The van der Waals surface area contributed by atoms with Crippen molar-refractivity contribution in [2.45, 2.75) is 17.7 Å². The van der Waals surface area contributed by atoms with Crippen molar-refractivity contribution in [1.29, 1.82) is 0 Å². The molecule has 10 heteroatoms. The van der Waals surface area contributed by atoms with Crippen LogP contribution in [-0.2, 0) is 21.2 Å². The molecule has 1 heterocycles. The van der Waals surface area contributed by atoms with E-state index in [2.05, 4.69) is 10.1 Å². The first kappa shape index (κ1) is 21.0. The number of carbonyl (C=O) groups is 1. The molecule has 0 fully saturated rings. The molecule has 0 saturated heterocycles. The van der Waals surface area contributed by atoms with Crippen molar-refractivity contribution in [3.05, 3.63) is 66.2 Å². The van der Waals surface area contributed by atoms with Crippen molar-refractivity contribution in [2.24, 2.45) is 0 Å². The SMILES string of the molecule is O=C(CN1c2cccc3cccc(c23)S1(=O)=O)NCCc1ccc(OC(F)(F)F)cc1. The number of alkyl halides is 3. The van der Waals surface area contributed by atoms with Gasteiger partial charge in [-0.15, -0.1) is 13.2 Å². The molecule has 0 bridgehead atoms. The number of ether oxygens (including phenoxy) is 1. The second-order valence-electron chi connectivity index (χ2n) is 6.93. The molecule has 0 aromatic heterocycles. The van der Waals surface area contributed by atoms with Crippen LogP contribution < -0.4 is 14.4 Å². The van der Waals surface area contributed by atoms with Crippen LogP contribution in [0.25, 0.3) is 10.8 Å². The summed E-state index contributed by atoms with van der Waals surface area (Å²) < 4.78 is 67.2. The Balaban J connectivity index is 1.37. The summed E-state index contributed by atoms with van der Waals surface area (Å²) in [5, 5.41) is 4.02. The molecule has 0 radical (unpaired) electrons. The molecule has 3 aromatic carbocycles. The number of sulfonamides is 1. The third-order valence-corrected chi connectivity index (χ3v) is 6.66. The Morgan fingerprint density at radius 3 is 2.35 bits per heavy atom. The fourth-order valence-corrected chi connectivity index (χ4v) is 5.19. The Kier molecular flexibility index (Phi) is 5.26. The van der Waals surface area contributed by atoms with Crippen molar-refractivity contribution in [3.8, 4) is 5.75 Å².